The summed E-state index contributed by atoms with van der Waals surface area (Å²) in [5, 5.41) is 29.2. The number of hydrogen-bond acceptors (Lipinski definition) is 7. The molecule has 3 saturated heterocycles. The molecule has 0 aromatic heterocycles. The number of rotatable bonds is 11. The second kappa shape index (κ2) is 9.85. The van der Waals surface area contributed by atoms with E-state index in [1.165, 1.54) is 35.2 Å². The molecule has 6 atom stereocenters. The van der Waals surface area contributed by atoms with Gasteiger partial charge < -0.3 is 30.5 Å². The Morgan fingerprint density at radius 3 is 2.90 bits per heavy atom. The van der Waals surface area contributed by atoms with Gasteiger partial charge in [-0.3, -0.25) is 4.90 Å². The number of aliphatic hydroxyl groups is 2. The Balaban J connectivity index is 1.01. The summed E-state index contributed by atoms with van der Waals surface area (Å²) in [6.07, 6.45) is 13.1. The predicted molar refractivity (Wildman–Crippen MR) is 155 cm³/mol. The van der Waals surface area contributed by atoms with Crippen LogP contribution in [0.2, 0.25) is 0 Å². The van der Waals surface area contributed by atoms with Gasteiger partial charge in [0.25, 0.3) is 0 Å². The van der Waals surface area contributed by atoms with Crippen molar-refractivity contribution in [2.45, 2.75) is 74.9 Å². The lowest BCUT2D eigenvalue weighted by molar-refractivity contribution is -0.0386. The van der Waals surface area contributed by atoms with Gasteiger partial charge in [0.05, 0.1) is 6.61 Å². The molecule has 212 valence electrons. The van der Waals surface area contributed by atoms with Crippen LogP contribution in [-0.2, 0) is 10.2 Å². The number of ether oxygens (including phenoxy) is 1. The third kappa shape index (κ3) is 4.86. The SMILES string of the molecule is OC1=CCCC(NC(O)N(CCN2CCC([C@H]3CN3)C2)C2C=C3CC3(c3cccc(C4=CC4)c3)CC2)=C1C1CO1. The van der Waals surface area contributed by atoms with Gasteiger partial charge in [-0.25, -0.2) is 0 Å². The quantitative estimate of drug-likeness (QED) is 0.193. The number of fused-ring (bicyclic) bond motifs is 1. The molecule has 1 aromatic rings. The second-order valence-electron chi connectivity index (χ2n) is 13.0. The largest absolute Gasteiger partial charge is 0.508 e. The molecule has 0 amide bonds. The minimum absolute atomic E-state index is 0.0525. The van der Waals surface area contributed by atoms with Crippen molar-refractivity contribution in [1.82, 2.24) is 20.4 Å². The number of allylic oxidation sites excluding steroid dienone is 5. The van der Waals surface area contributed by atoms with Crippen molar-refractivity contribution < 1.29 is 14.9 Å². The van der Waals surface area contributed by atoms with E-state index in [1.54, 1.807) is 0 Å². The molecule has 8 rings (SSSR count). The van der Waals surface area contributed by atoms with Crippen molar-refractivity contribution >= 4 is 5.57 Å². The van der Waals surface area contributed by atoms with E-state index in [1.807, 2.05) is 6.08 Å². The normalized spacial score (nSPS) is 35.1. The summed E-state index contributed by atoms with van der Waals surface area (Å²) in [6.45, 7) is 5.90. The Hall–Kier alpha value is -2.42. The Kier molecular flexibility index (Phi) is 6.23. The number of benzene rings is 1. The van der Waals surface area contributed by atoms with Gasteiger partial charge in [-0.05, 0) is 80.2 Å². The fourth-order valence-corrected chi connectivity index (χ4v) is 7.69. The van der Waals surface area contributed by atoms with E-state index in [9.17, 15) is 10.2 Å². The third-order valence-electron chi connectivity index (χ3n) is 10.5. The fraction of sp³-hybridized carbons (Fsp3) is 0.576. The van der Waals surface area contributed by atoms with Crippen LogP contribution < -0.4 is 10.6 Å². The molecule has 7 heteroatoms. The van der Waals surface area contributed by atoms with Crippen LogP contribution in [0, 0.1) is 5.92 Å². The summed E-state index contributed by atoms with van der Waals surface area (Å²) in [5.74, 6) is 1.07. The lowest BCUT2D eigenvalue weighted by atomic mass is 9.83. The first-order valence-electron chi connectivity index (χ1n) is 15.5. The lowest BCUT2D eigenvalue weighted by Crippen LogP contribution is -2.53. The molecule has 3 heterocycles. The van der Waals surface area contributed by atoms with Crippen molar-refractivity contribution in [3.05, 3.63) is 76.2 Å². The predicted octanol–water partition coefficient (Wildman–Crippen LogP) is 3.55. The zero-order chi connectivity index (χ0) is 26.8. The van der Waals surface area contributed by atoms with E-state index in [2.05, 4.69) is 56.9 Å². The zero-order valence-corrected chi connectivity index (χ0v) is 23.3. The average molecular weight is 543 g/mol. The fourth-order valence-electron chi connectivity index (χ4n) is 7.69. The maximum atomic E-state index is 11.7. The summed E-state index contributed by atoms with van der Waals surface area (Å²) in [5.41, 5.74) is 7.83. The van der Waals surface area contributed by atoms with Crippen molar-refractivity contribution in [2.75, 3.05) is 39.3 Å². The molecule has 3 aliphatic heterocycles. The minimum atomic E-state index is -0.809. The van der Waals surface area contributed by atoms with E-state index in [4.69, 9.17) is 4.74 Å². The van der Waals surface area contributed by atoms with Crippen LogP contribution in [0.3, 0.4) is 0 Å². The third-order valence-corrected chi connectivity index (χ3v) is 10.5. The molecule has 0 bridgehead atoms. The smallest absolute Gasteiger partial charge is 0.184 e. The topological polar surface area (TPSA) is 93.4 Å². The van der Waals surface area contributed by atoms with Gasteiger partial charge in [-0.2, -0.15) is 0 Å². The standard InChI is InChI=1S/C33H42N4O3/c38-29-6-2-5-27(31(29)30-20-40-30)35-32(39)37(14-13-36-12-10-23(19-36)28-18-34-28)26-9-11-33(17-25(33)16-26)24-4-1-3-22(15-24)21-7-8-21/h1,3-4,6-7,15-16,23,26,28,30,32,34-35,38-39H,2,5,8-14,17-20H2/t23?,26?,28-,30?,32?,33?/m1/s1. The van der Waals surface area contributed by atoms with Crippen LogP contribution in [0.5, 0.6) is 0 Å². The van der Waals surface area contributed by atoms with Crippen molar-refractivity contribution in [1.29, 1.82) is 0 Å². The van der Waals surface area contributed by atoms with Crippen LogP contribution >= 0.6 is 0 Å². The Labute approximate surface area is 237 Å². The van der Waals surface area contributed by atoms with Crippen molar-refractivity contribution in [3.63, 3.8) is 0 Å². The van der Waals surface area contributed by atoms with E-state index < -0.39 is 6.35 Å². The van der Waals surface area contributed by atoms with E-state index in [0.29, 0.717) is 12.4 Å². The van der Waals surface area contributed by atoms with Crippen molar-refractivity contribution in [3.8, 4) is 0 Å². The highest BCUT2D eigenvalue weighted by molar-refractivity contribution is 5.78. The molecule has 4 aliphatic carbocycles. The molecule has 40 heavy (non-hydrogen) atoms. The maximum absolute atomic E-state index is 11.7. The highest BCUT2D eigenvalue weighted by Crippen LogP contribution is 2.60. The molecule has 7 aliphatic rings. The molecule has 1 aromatic carbocycles. The molecule has 4 fully saturated rings. The van der Waals surface area contributed by atoms with Crippen LogP contribution in [0.15, 0.2) is 65.1 Å². The number of epoxide rings is 1. The Bertz CT molecular complexity index is 1310. The number of nitrogens with one attached hydrogen (secondary N) is 2. The van der Waals surface area contributed by atoms with Gasteiger partial charge in [-0.1, -0.05) is 42.0 Å². The minimum Gasteiger partial charge on any atom is -0.508 e. The average Bonchev–Trinajstić information content (AvgIpc) is 3.78. The molecular formula is C33H42N4O3. The summed E-state index contributed by atoms with van der Waals surface area (Å²) < 4.78 is 5.54. The van der Waals surface area contributed by atoms with E-state index in [-0.39, 0.29) is 17.6 Å². The summed E-state index contributed by atoms with van der Waals surface area (Å²) in [7, 11) is 0. The molecule has 0 spiro atoms. The number of hydrogen-bond donors (Lipinski definition) is 4. The first-order valence-corrected chi connectivity index (χ1v) is 15.5. The van der Waals surface area contributed by atoms with Gasteiger partial charge >= 0.3 is 0 Å². The molecule has 7 nitrogen and oxygen atoms in total. The van der Waals surface area contributed by atoms with Gasteiger partial charge in [0, 0.05) is 54.9 Å². The number of aliphatic hydroxyl groups excluding tert-OH is 2. The second-order valence-corrected chi connectivity index (χ2v) is 13.0. The van der Waals surface area contributed by atoms with Crippen molar-refractivity contribution in [2.24, 2.45) is 5.92 Å². The highest BCUT2D eigenvalue weighted by Gasteiger charge is 2.53. The van der Waals surface area contributed by atoms with E-state index >= 15 is 0 Å². The van der Waals surface area contributed by atoms with Gasteiger partial charge in [-0.15, -0.1) is 0 Å². The lowest BCUT2D eigenvalue weighted by Gasteiger charge is -2.38. The van der Waals surface area contributed by atoms with E-state index in [0.717, 1.165) is 87.9 Å². The van der Waals surface area contributed by atoms with Crippen LogP contribution in [0.25, 0.3) is 5.57 Å². The molecule has 0 radical (unpaired) electrons. The molecule has 5 unspecified atom stereocenters. The van der Waals surface area contributed by atoms with Gasteiger partial charge in [0.2, 0.25) is 0 Å². The van der Waals surface area contributed by atoms with Crippen LogP contribution in [0.1, 0.15) is 56.1 Å². The monoisotopic (exact) mass is 542 g/mol. The zero-order valence-electron chi connectivity index (χ0n) is 23.3. The summed E-state index contributed by atoms with van der Waals surface area (Å²) in [4.78, 5) is 4.86. The molecular weight excluding hydrogens is 500 g/mol. The number of likely N-dealkylation sites (tertiary alicyclic amines) is 1. The maximum Gasteiger partial charge on any atom is 0.184 e. The Morgan fingerprint density at radius 2 is 2.12 bits per heavy atom. The summed E-state index contributed by atoms with van der Waals surface area (Å²) in [6, 6.07) is 10.1. The molecule has 1 saturated carbocycles. The van der Waals surface area contributed by atoms with Crippen LogP contribution in [-0.4, -0.2) is 83.9 Å². The van der Waals surface area contributed by atoms with Crippen LogP contribution in [0.4, 0.5) is 0 Å². The van der Waals surface area contributed by atoms with Gasteiger partial charge in [0.15, 0.2) is 6.35 Å². The Morgan fingerprint density at radius 1 is 1.25 bits per heavy atom. The number of nitrogens with zero attached hydrogens (tertiary/aromatic N) is 2. The first-order chi connectivity index (χ1) is 19.6. The summed E-state index contributed by atoms with van der Waals surface area (Å²) >= 11 is 0. The molecule has 4 N–H and O–H groups in total. The first kappa shape index (κ1) is 25.3. The highest BCUT2D eigenvalue weighted by atomic mass is 16.6. The van der Waals surface area contributed by atoms with Gasteiger partial charge in [0.1, 0.15) is 11.9 Å².